The first-order valence-electron chi connectivity index (χ1n) is 9.74. The van der Waals surface area contributed by atoms with Gasteiger partial charge in [0.1, 0.15) is 21.3 Å². The van der Waals surface area contributed by atoms with Crippen molar-refractivity contribution in [2.24, 2.45) is 0 Å². The molecule has 4 heterocycles. The number of hydrogen-bond acceptors (Lipinski definition) is 7. The van der Waals surface area contributed by atoms with Gasteiger partial charge in [0.05, 0.1) is 5.69 Å². The van der Waals surface area contributed by atoms with Crippen LogP contribution in [0.1, 0.15) is 41.0 Å². The number of anilines is 2. The molecule has 0 aromatic carbocycles. The highest BCUT2D eigenvalue weighted by atomic mass is 32.1. The molecule has 1 atom stereocenters. The van der Waals surface area contributed by atoms with Gasteiger partial charge in [0.15, 0.2) is 0 Å². The summed E-state index contributed by atoms with van der Waals surface area (Å²) in [5, 5.41) is 0.853. The van der Waals surface area contributed by atoms with Crippen molar-refractivity contribution in [2.75, 3.05) is 37.8 Å². The maximum absolute atomic E-state index is 12.4. The molecule has 1 amide bonds. The summed E-state index contributed by atoms with van der Waals surface area (Å²) in [6.07, 6.45) is 3.93. The normalized spacial score (nSPS) is 19.5. The minimum atomic E-state index is -0.101. The van der Waals surface area contributed by atoms with Gasteiger partial charge >= 0.3 is 0 Å². The number of thiophene rings is 1. The topological polar surface area (TPSA) is 88.2 Å². The number of hydrogen-bond donors (Lipinski definition) is 1. The molecule has 1 aliphatic heterocycles. The van der Waals surface area contributed by atoms with Crippen LogP contribution in [0.4, 0.5) is 11.5 Å². The van der Waals surface area contributed by atoms with E-state index in [0.29, 0.717) is 10.6 Å². The molecule has 8 heteroatoms. The van der Waals surface area contributed by atoms with Crippen LogP contribution >= 0.6 is 11.3 Å². The fourth-order valence-corrected chi connectivity index (χ4v) is 5.07. The number of aromatic nitrogens is 3. The molecule has 7 nitrogen and oxygen atoms in total. The predicted molar refractivity (Wildman–Crippen MR) is 118 cm³/mol. The van der Waals surface area contributed by atoms with Gasteiger partial charge in [0.2, 0.25) is 0 Å². The van der Waals surface area contributed by atoms with E-state index in [1.54, 1.807) is 19.0 Å². The first-order chi connectivity index (χ1) is 13.8. The molecule has 1 aliphatic rings. The van der Waals surface area contributed by atoms with Gasteiger partial charge < -0.3 is 15.5 Å². The van der Waals surface area contributed by atoms with E-state index in [-0.39, 0.29) is 11.3 Å². The lowest BCUT2D eigenvalue weighted by Gasteiger charge is -2.40. The second-order valence-corrected chi connectivity index (χ2v) is 9.14. The standard InChI is InChI=1S/C21H26N6OS/c1-13-23-10-8-16(24-13)27-11-5-9-21(2,12-27)15-7-6-14-17(22)18(20(28)26(3)4)29-19(14)25-15/h6-8,10H,5,9,11-12,22H2,1-4H3/t21-/m0/s1. The summed E-state index contributed by atoms with van der Waals surface area (Å²) in [6, 6.07) is 6.04. The Morgan fingerprint density at radius 1 is 1.28 bits per heavy atom. The van der Waals surface area contributed by atoms with Gasteiger partial charge in [-0.3, -0.25) is 4.79 Å². The van der Waals surface area contributed by atoms with E-state index in [2.05, 4.69) is 27.9 Å². The largest absolute Gasteiger partial charge is 0.397 e. The molecule has 3 aromatic heterocycles. The number of aryl methyl sites for hydroxylation is 1. The Labute approximate surface area is 174 Å². The molecule has 3 aromatic rings. The first-order valence-corrected chi connectivity index (χ1v) is 10.6. The fourth-order valence-electron chi connectivity index (χ4n) is 3.96. The molecule has 152 valence electrons. The van der Waals surface area contributed by atoms with E-state index in [4.69, 9.17) is 10.7 Å². The zero-order valence-corrected chi connectivity index (χ0v) is 18.1. The number of pyridine rings is 1. The maximum atomic E-state index is 12.4. The minimum absolute atomic E-state index is 0.0822. The van der Waals surface area contributed by atoms with Crippen molar-refractivity contribution >= 4 is 39.0 Å². The molecule has 1 saturated heterocycles. The van der Waals surface area contributed by atoms with E-state index in [0.717, 1.165) is 53.5 Å². The Kier molecular flexibility index (Phi) is 4.90. The SMILES string of the molecule is Cc1nccc(N2CCC[C@](C)(c3ccc4c(N)c(C(=O)N(C)C)sc4n3)C2)n1. The van der Waals surface area contributed by atoms with Gasteiger partial charge in [-0.2, -0.15) is 0 Å². The van der Waals surface area contributed by atoms with Crippen LogP contribution in [0.5, 0.6) is 0 Å². The Morgan fingerprint density at radius 2 is 2.07 bits per heavy atom. The lowest BCUT2D eigenvalue weighted by atomic mass is 9.78. The highest BCUT2D eigenvalue weighted by molar-refractivity contribution is 7.21. The maximum Gasteiger partial charge on any atom is 0.265 e. The number of nitrogen functional groups attached to an aromatic ring is 1. The number of amides is 1. The van der Waals surface area contributed by atoms with E-state index in [1.807, 2.05) is 25.3 Å². The number of piperidine rings is 1. The van der Waals surface area contributed by atoms with Gasteiger partial charge in [0.25, 0.3) is 5.91 Å². The third-order valence-electron chi connectivity index (χ3n) is 5.59. The summed E-state index contributed by atoms with van der Waals surface area (Å²) in [6.45, 7) is 5.98. The van der Waals surface area contributed by atoms with Crippen molar-refractivity contribution < 1.29 is 4.79 Å². The van der Waals surface area contributed by atoms with Crippen molar-refractivity contribution in [1.82, 2.24) is 19.9 Å². The molecule has 29 heavy (non-hydrogen) atoms. The molecule has 1 fully saturated rings. The van der Waals surface area contributed by atoms with Gasteiger partial charge in [-0.1, -0.05) is 6.92 Å². The van der Waals surface area contributed by atoms with Gasteiger partial charge in [-0.05, 0) is 38.0 Å². The molecule has 0 unspecified atom stereocenters. The Hall–Kier alpha value is -2.74. The highest BCUT2D eigenvalue weighted by Crippen LogP contribution is 2.38. The second-order valence-electron chi connectivity index (χ2n) is 8.14. The van der Waals surface area contributed by atoms with Gasteiger partial charge in [-0.25, -0.2) is 15.0 Å². The third kappa shape index (κ3) is 3.53. The zero-order valence-electron chi connectivity index (χ0n) is 17.3. The summed E-state index contributed by atoms with van der Waals surface area (Å²) in [7, 11) is 3.47. The van der Waals surface area contributed by atoms with Crippen molar-refractivity contribution in [2.45, 2.75) is 32.1 Å². The third-order valence-corrected chi connectivity index (χ3v) is 6.70. The summed E-state index contributed by atoms with van der Waals surface area (Å²) >= 11 is 1.37. The summed E-state index contributed by atoms with van der Waals surface area (Å²) in [5.74, 6) is 1.66. The second kappa shape index (κ2) is 7.26. The minimum Gasteiger partial charge on any atom is -0.397 e. The molecule has 0 bridgehead atoms. The quantitative estimate of drug-likeness (QED) is 0.713. The Morgan fingerprint density at radius 3 is 2.79 bits per heavy atom. The fraction of sp³-hybridized carbons (Fsp3) is 0.429. The molecule has 2 N–H and O–H groups in total. The summed E-state index contributed by atoms with van der Waals surface area (Å²) < 4.78 is 0. The Balaban J connectivity index is 1.68. The number of fused-ring (bicyclic) bond motifs is 1. The van der Waals surface area contributed by atoms with Crippen LogP contribution in [0.3, 0.4) is 0 Å². The van der Waals surface area contributed by atoms with E-state index < -0.39 is 0 Å². The van der Waals surface area contributed by atoms with Crippen LogP contribution < -0.4 is 10.6 Å². The number of rotatable bonds is 3. The van der Waals surface area contributed by atoms with Gasteiger partial charge in [-0.15, -0.1) is 11.3 Å². The predicted octanol–water partition coefficient (Wildman–Crippen LogP) is 3.24. The first kappa shape index (κ1) is 19.6. The molecule has 0 spiro atoms. The van der Waals surface area contributed by atoms with Crippen LogP contribution in [-0.4, -0.2) is 52.9 Å². The molecule has 4 rings (SSSR count). The monoisotopic (exact) mass is 410 g/mol. The van der Waals surface area contributed by atoms with E-state index in [1.165, 1.54) is 11.3 Å². The zero-order chi connectivity index (χ0) is 20.8. The van der Waals surface area contributed by atoms with Crippen molar-refractivity contribution in [1.29, 1.82) is 0 Å². The number of nitrogens with two attached hydrogens (primary N) is 1. The van der Waals surface area contributed by atoms with Crippen LogP contribution in [0.15, 0.2) is 24.4 Å². The van der Waals surface area contributed by atoms with Crippen molar-refractivity contribution in [3.05, 3.63) is 40.8 Å². The average molecular weight is 411 g/mol. The van der Waals surface area contributed by atoms with Crippen LogP contribution in [-0.2, 0) is 5.41 Å². The van der Waals surface area contributed by atoms with Crippen LogP contribution in [0.25, 0.3) is 10.2 Å². The van der Waals surface area contributed by atoms with Gasteiger partial charge in [0, 0.05) is 49.9 Å². The van der Waals surface area contributed by atoms with Crippen LogP contribution in [0.2, 0.25) is 0 Å². The smallest absolute Gasteiger partial charge is 0.265 e. The summed E-state index contributed by atoms with van der Waals surface area (Å²) in [5.41, 5.74) is 7.71. The van der Waals surface area contributed by atoms with Crippen molar-refractivity contribution in [3.8, 4) is 0 Å². The molecule has 0 saturated carbocycles. The number of carbonyl (C=O) groups excluding carboxylic acids is 1. The molecule has 0 radical (unpaired) electrons. The average Bonchev–Trinajstić information content (AvgIpc) is 3.03. The highest BCUT2D eigenvalue weighted by Gasteiger charge is 2.35. The lowest BCUT2D eigenvalue weighted by Crippen LogP contribution is -2.45. The van der Waals surface area contributed by atoms with Crippen molar-refractivity contribution in [3.63, 3.8) is 0 Å². The molecular formula is C21H26N6OS. The van der Waals surface area contributed by atoms with E-state index in [9.17, 15) is 4.79 Å². The Bertz CT molecular complexity index is 1080. The van der Waals surface area contributed by atoms with Crippen LogP contribution in [0, 0.1) is 6.92 Å². The lowest BCUT2D eigenvalue weighted by molar-refractivity contribution is 0.0833. The number of carbonyl (C=O) groups is 1. The van der Waals surface area contributed by atoms with E-state index >= 15 is 0 Å². The summed E-state index contributed by atoms with van der Waals surface area (Å²) in [4.78, 5) is 31.4. The molecular weight excluding hydrogens is 384 g/mol. The number of nitrogens with zero attached hydrogens (tertiary/aromatic N) is 5. The molecule has 0 aliphatic carbocycles.